The van der Waals surface area contributed by atoms with Crippen molar-refractivity contribution in [2.45, 2.75) is 151 Å². The Hall–Kier alpha value is -1.93. The maximum Gasteiger partial charge on any atom is 0.306 e. The van der Waals surface area contributed by atoms with Crippen molar-refractivity contribution < 1.29 is 29.1 Å². The third-order valence-electron chi connectivity index (χ3n) is 16.2. The molecule has 5 saturated carbocycles. The first-order valence-electron chi connectivity index (χ1n) is 18.7. The van der Waals surface area contributed by atoms with Crippen molar-refractivity contribution in [1.29, 1.82) is 0 Å². The van der Waals surface area contributed by atoms with E-state index >= 15 is 0 Å². The molecule has 0 heterocycles. The lowest BCUT2D eigenvalue weighted by Gasteiger charge is -2.75. The molecule has 10 atom stereocenters. The number of carboxylic acid groups (broad SMARTS) is 1. The van der Waals surface area contributed by atoms with E-state index in [9.17, 15) is 14.4 Å². The van der Waals surface area contributed by atoms with Crippen molar-refractivity contribution >= 4 is 17.8 Å². The molecular formula is C40H66N2O6. The van der Waals surface area contributed by atoms with Gasteiger partial charge in [-0.2, -0.15) is 0 Å². The van der Waals surface area contributed by atoms with Gasteiger partial charge in [0.05, 0.1) is 18.9 Å². The predicted octanol–water partition coefficient (Wildman–Crippen LogP) is 7.94. The summed E-state index contributed by atoms with van der Waals surface area (Å²) in [4.78, 5) is 44.1. The van der Waals surface area contributed by atoms with Crippen LogP contribution in [0.3, 0.4) is 0 Å². The van der Waals surface area contributed by atoms with Crippen molar-refractivity contribution in [3.8, 4) is 0 Å². The molecule has 5 fully saturated rings. The first-order valence-corrected chi connectivity index (χ1v) is 18.7. The second-order valence-corrected chi connectivity index (χ2v) is 19.2. The minimum absolute atomic E-state index is 0.00356. The molecule has 5 rings (SSSR count). The molecule has 5 aliphatic carbocycles. The number of carbonyl (C=O) groups is 3. The van der Waals surface area contributed by atoms with Crippen LogP contribution < -0.4 is 5.73 Å². The second kappa shape index (κ2) is 12.1. The van der Waals surface area contributed by atoms with Gasteiger partial charge in [-0.1, -0.05) is 60.6 Å². The maximum absolute atomic E-state index is 14.2. The zero-order valence-electron chi connectivity index (χ0n) is 31.8. The fourth-order valence-corrected chi connectivity index (χ4v) is 13.4. The molecule has 272 valence electrons. The Bertz CT molecular complexity index is 1330. The molecule has 0 aromatic carbocycles. The van der Waals surface area contributed by atoms with Gasteiger partial charge in [-0.3, -0.25) is 19.2 Å². The van der Waals surface area contributed by atoms with E-state index in [0.29, 0.717) is 18.3 Å². The second-order valence-electron chi connectivity index (χ2n) is 19.2. The van der Waals surface area contributed by atoms with Crippen LogP contribution in [0.15, 0.2) is 12.2 Å². The molecular weight excluding hydrogens is 604 g/mol. The summed E-state index contributed by atoms with van der Waals surface area (Å²) in [6.07, 6.45) is 10.0. The Morgan fingerprint density at radius 2 is 1.58 bits per heavy atom. The molecule has 1 amide bonds. The number of aliphatic carboxylic acids is 1. The number of fused-ring (bicyclic) bond motifs is 7. The number of ether oxygens (including phenoxy) is 1. The standard InChI is InChI=1S/C40H66N2O6/c1-25(2)26-12-20-39(33(46)42(10)47-11)23-22-38(9)37(8)19-13-27-35(5,6)29(48-31(45)24-34(3,4)17-16-30(43)44)15-18-36(27,7)28(37)14-21-40(38,41)32(26)39/h26-29,32H,1,12-24,41H2,2-11H3,(H,43,44)/t26-,27?,28?,29?,32?,36?,37?,38-,39?,40?/m0/s1. The van der Waals surface area contributed by atoms with Crippen LogP contribution in [0.25, 0.3) is 0 Å². The van der Waals surface area contributed by atoms with Gasteiger partial charge in [0.25, 0.3) is 5.91 Å². The van der Waals surface area contributed by atoms with E-state index in [1.807, 2.05) is 13.8 Å². The lowest BCUT2D eigenvalue weighted by molar-refractivity contribution is -0.258. The predicted molar refractivity (Wildman–Crippen MR) is 187 cm³/mol. The fourth-order valence-electron chi connectivity index (χ4n) is 13.4. The lowest BCUT2D eigenvalue weighted by Crippen LogP contribution is -2.77. The van der Waals surface area contributed by atoms with Gasteiger partial charge in [-0.05, 0) is 123 Å². The van der Waals surface area contributed by atoms with Crippen LogP contribution in [-0.4, -0.2) is 53.8 Å². The quantitative estimate of drug-likeness (QED) is 0.145. The Labute approximate surface area is 290 Å². The van der Waals surface area contributed by atoms with Crippen LogP contribution in [0, 0.1) is 56.2 Å². The molecule has 5 aliphatic rings. The largest absolute Gasteiger partial charge is 0.481 e. The third kappa shape index (κ3) is 5.31. The number of esters is 1. The number of hydrogen-bond acceptors (Lipinski definition) is 6. The number of amides is 1. The van der Waals surface area contributed by atoms with E-state index in [-0.39, 0.29) is 64.3 Å². The number of rotatable bonds is 9. The molecule has 0 bridgehead atoms. The summed E-state index contributed by atoms with van der Waals surface area (Å²) in [7, 11) is 3.32. The monoisotopic (exact) mass is 670 g/mol. The van der Waals surface area contributed by atoms with E-state index in [4.69, 9.17) is 20.4 Å². The molecule has 0 aromatic heterocycles. The van der Waals surface area contributed by atoms with Gasteiger partial charge in [0.15, 0.2) is 0 Å². The van der Waals surface area contributed by atoms with Crippen molar-refractivity contribution in [3.63, 3.8) is 0 Å². The zero-order chi connectivity index (χ0) is 35.9. The van der Waals surface area contributed by atoms with Crippen molar-refractivity contribution in [2.75, 3.05) is 14.2 Å². The molecule has 0 radical (unpaired) electrons. The van der Waals surface area contributed by atoms with Crippen molar-refractivity contribution in [1.82, 2.24) is 5.06 Å². The average Bonchev–Trinajstić information content (AvgIpc) is 3.40. The molecule has 0 saturated heterocycles. The van der Waals surface area contributed by atoms with E-state index in [2.05, 4.69) is 48.1 Å². The van der Waals surface area contributed by atoms with E-state index < -0.39 is 22.3 Å². The van der Waals surface area contributed by atoms with Gasteiger partial charge in [0.2, 0.25) is 0 Å². The number of hydroxylamine groups is 2. The highest BCUT2D eigenvalue weighted by Gasteiger charge is 2.76. The smallest absolute Gasteiger partial charge is 0.306 e. The Morgan fingerprint density at radius 3 is 2.19 bits per heavy atom. The summed E-state index contributed by atoms with van der Waals surface area (Å²) < 4.78 is 6.31. The van der Waals surface area contributed by atoms with Gasteiger partial charge in [0, 0.05) is 24.4 Å². The van der Waals surface area contributed by atoms with Gasteiger partial charge >= 0.3 is 11.9 Å². The summed E-state index contributed by atoms with van der Waals surface area (Å²) in [5, 5.41) is 10.6. The molecule has 3 N–H and O–H groups in total. The summed E-state index contributed by atoms with van der Waals surface area (Å²) in [5.74, 6) is 0.149. The number of carbonyl (C=O) groups excluding carboxylic acids is 2. The van der Waals surface area contributed by atoms with Crippen LogP contribution in [0.4, 0.5) is 0 Å². The zero-order valence-corrected chi connectivity index (χ0v) is 31.8. The number of hydrogen-bond donors (Lipinski definition) is 2. The summed E-state index contributed by atoms with van der Waals surface area (Å²) in [5.41, 5.74) is 7.39. The van der Waals surface area contributed by atoms with Crippen LogP contribution >= 0.6 is 0 Å². The summed E-state index contributed by atoms with van der Waals surface area (Å²) in [6, 6.07) is 0. The van der Waals surface area contributed by atoms with Crippen LogP contribution in [0.2, 0.25) is 0 Å². The van der Waals surface area contributed by atoms with E-state index in [1.54, 1.807) is 14.2 Å². The molecule has 0 spiro atoms. The van der Waals surface area contributed by atoms with Gasteiger partial charge < -0.3 is 15.6 Å². The number of carboxylic acids is 1. The highest BCUT2D eigenvalue weighted by molar-refractivity contribution is 5.83. The van der Waals surface area contributed by atoms with Crippen molar-refractivity contribution in [2.24, 2.45) is 61.9 Å². The summed E-state index contributed by atoms with van der Waals surface area (Å²) in [6.45, 7) is 22.7. The minimum atomic E-state index is -0.837. The fraction of sp³-hybridized carbons (Fsp3) is 0.875. The number of nitrogens with two attached hydrogens (primary N) is 1. The average molecular weight is 671 g/mol. The third-order valence-corrected chi connectivity index (χ3v) is 16.2. The molecule has 8 unspecified atom stereocenters. The first kappa shape index (κ1) is 37.3. The Kier molecular flexibility index (Phi) is 9.41. The molecule has 8 nitrogen and oxygen atoms in total. The van der Waals surface area contributed by atoms with Gasteiger partial charge in [-0.15, -0.1) is 0 Å². The Morgan fingerprint density at radius 1 is 0.938 bits per heavy atom. The van der Waals surface area contributed by atoms with Crippen LogP contribution in [-0.2, 0) is 24.0 Å². The molecule has 0 aromatic rings. The minimum Gasteiger partial charge on any atom is -0.481 e. The molecule has 0 aliphatic heterocycles. The maximum atomic E-state index is 14.2. The van der Waals surface area contributed by atoms with E-state index in [1.165, 1.54) is 5.06 Å². The van der Waals surface area contributed by atoms with Crippen LogP contribution in [0.1, 0.15) is 139 Å². The number of nitrogens with zero attached hydrogens (tertiary/aromatic N) is 1. The summed E-state index contributed by atoms with van der Waals surface area (Å²) >= 11 is 0. The highest BCUT2D eigenvalue weighted by Crippen LogP contribution is 2.78. The number of allylic oxidation sites excluding steroid dienone is 1. The molecule has 8 heteroatoms. The van der Waals surface area contributed by atoms with Gasteiger partial charge in [-0.25, -0.2) is 5.06 Å². The van der Waals surface area contributed by atoms with Crippen molar-refractivity contribution in [3.05, 3.63) is 12.2 Å². The topological polar surface area (TPSA) is 119 Å². The normalized spacial score (nSPS) is 43.2. The lowest BCUT2D eigenvalue weighted by atomic mass is 9.30. The van der Waals surface area contributed by atoms with E-state index in [0.717, 1.165) is 69.8 Å². The van der Waals surface area contributed by atoms with Gasteiger partial charge in [0.1, 0.15) is 6.10 Å². The van der Waals surface area contributed by atoms with Crippen LogP contribution in [0.5, 0.6) is 0 Å². The first-order chi connectivity index (χ1) is 22.1. The molecule has 48 heavy (non-hydrogen) atoms. The SMILES string of the molecule is C=C(C)[C@@H]1CCC2(C(=O)N(C)OC)CC[C@@]3(C)C4(C)CCC5C(C)(C)C(OC(=O)CC(C)(C)CCC(=O)O)CCC5(C)C4CCC3(N)C12. The Balaban J connectivity index is 1.42. The highest BCUT2D eigenvalue weighted by atomic mass is 16.7.